The number of hydrogen-bond donors (Lipinski definition) is 1. The maximum Gasteiger partial charge on any atom is 0.129 e. The van der Waals surface area contributed by atoms with E-state index in [1.54, 1.807) is 0 Å². The Morgan fingerprint density at radius 3 is 2.79 bits per heavy atom. The SMILES string of the molecule is CC.CC1CC(CCc2ccc3c(n2)NCCC3)C1. The average Bonchev–Trinajstić information content (AvgIpc) is 2.44. The summed E-state index contributed by atoms with van der Waals surface area (Å²) in [7, 11) is 0. The molecule has 0 spiro atoms. The molecule has 2 nitrogen and oxygen atoms in total. The normalized spacial score (nSPS) is 24.4. The van der Waals surface area contributed by atoms with Crippen LogP contribution in [0.15, 0.2) is 12.1 Å². The summed E-state index contributed by atoms with van der Waals surface area (Å²) in [6.45, 7) is 7.45. The Morgan fingerprint density at radius 1 is 1.26 bits per heavy atom. The van der Waals surface area contributed by atoms with E-state index in [9.17, 15) is 0 Å². The predicted octanol–water partition coefficient (Wildman–Crippen LogP) is 4.44. The van der Waals surface area contributed by atoms with Crippen LogP contribution in [0, 0.1) is 11.8 Å². The summed E-state index contributed by atoms with van der Waals surface area (Å²) < 4.78 is 0. The summed E-state index contributed by atoms with van der Waals surface area (Å²) in [6.07, 6.45) is 7.79. The second-order valence-electron chi connectivity index (χ2n) is 5.82. The van der Waals surface area contributed by atoms with Gasteiger partial charge in [-0.25, -0.2) is 4.98 Å². The molecule has 2 aliphatic rings. The number of aromatic nitrogens is 1. The third kappa shape index (κ3) is 3.71. The monoisotopic (exact) mass is 260 g/mol. The Balaban J connectivity index is 0.000000637. The summed E-state index contributed by atoms with van der Waals surface area (Å²) in [5.41, 5.74) is 2.68. The fraction of sp³-hybridized carbons (Fsp3) is 0.706. The van der Waals surface area contributed by atoms with Gasteiger partial charge < -0.3 is 5.32 Å². The Labute approximate surface area is 118 Å². The van der Waals surface area contributed by atoms with Gasteiger partial charge in [-0.2, -0.15) is 0 Å². The first-order chi connectivity index (χ1) is 9.31. The van der Waals surface area contributed by atoms with Gasteiger partial charge in [0.05, 0.1) is 0 Å². The maximum absolute atomic E-state index is 4.75. The lowest BCUT2D eigenvalue weighted by atomic mass is 9.74. The van der Waals surface area contributed by atoms with Crippen molar-refractivity contribution in [3.63, 3.8) is 0 Å². The molecule has 1 N–H and O–H groups in total. The van der Waals surface area contributed by atoms with Crippen molar-refractivity contribution in [1.29, 1.82) is 0 Å². The molecule has 1 aliphatic heterocycles. The molecule has 1 fully saturated rings. The highest BCUT2D eigenvalue weighted by molar-refractivity contribution is 5.46. The molecule has 0 atom stereocenters. The maximum atomic E-state index is 4.75. The number of rotatable bonds is 3. The van der Waals surface area contributed by atoms with Crippen molar-refractivity contribution in [2.24, 2.45) is 11.8 Å². The fourth-order valence-corrected chi connectivity index (χ4v) is 3.16. The zero-order valence-electron chi connectivity index (χ0n) is 12.7. The lowest BCUT2D eigenvalue weighted by molar-refractivity contribution is 0.199. The molecule has 0 saturated heterocycles. The van der Waals surface area contributed by atoms with Crippen LogP contribution in [-0.2, 0) is 12.8 Å². The minimum atomic E-state index is 0.968. The van der Waals surface area contributed by atoms with Crippen LogP contribution >= 0.6 is 0 Å². The molecule has 2 heteroatoms. The van der Waals surface area contributed by atoms with Gasteiger partial charge in [-0.1, -0.05) is 26.8 Å². The second-order valence-corrected chi connectivity index (χ2v) is 5.82. The quantitative estimate of drug-likeness (QED) is 0.868. The van der Waals surface area contributed by atoms with E-state index in [0.717, 1.165) is 30.6 Å². The second kappa shape index (κ2) is 6.93. The number of pyridine rings is 1. The van der Waals surface area contributed by atoms with Crippen molar-refractivity contribution >= 4 is 5.82 Å². The van der Waals surface area contributed by atoms with Crippen molar-refractivity contribution in [3.8, 4) is 0 Å². The van der Waals surface area contributed by atoms with Crippen LogP contribution in [0.5, 0.6) is 0 Å². The van der Waals surface area contributed by atoms with E-state index >= 15 is 0 Å². The Hall–Kier alpha value is -1.05. The number of nitrogens with zero attached hydrogens (tertiary/aromatic N) is 1. The summed E-state index contributed by atoms with van der Waals surface area (Å²) in [4.78, 5) is 4.75. The predicted molar refractivity (Wildman–Crippen MR) is 82.6 cm³/mol. The van der Waals surface area contributed by atoms with Gasteiger partial charge in [0.2, 0.25) is 0 Å². The highest BCUT2D eigenvalue weighted by atomic mass is 15.0. The van der Waals surface area contributed by atoms with Gasteiger partial charge in [0.1, 0.15) is 5.82 Å². The average molecular weight is 260 g/mol. The number of hydrogen-bond acceptors (Lipinski definition) is 2. The van der Waals surface area contributed by atoms with E-state index in [1.807, 2.05) is 13.8 Å². The van der Waals surface area contributed by atoms with Gasteiger partial charge >= 0.3 is 0 Å². The van der Waals surface area contributed by atoms with E-state index < -0.39 is 0 Å². The van der Waals surface area contributed by atoms with E-state index in [2.05, 4.69) is 24.4 Å². The molecular formula is C17H28N2. The molecule has 1 aromatic heterocycles. The molecule has 0 amide bonds. The molecule has 0 radical (unpaired) electrons. The molecule has 19 heavy (non-hydrogen) atoms. The molecule has 1 aromatic rings. The van der Waals surface area contributed by atoms with Crippen molar-refractivity contribution in [2.75, 3.05) is 11.9 Å². The molecular weight excluding hydrogens is 232 g/mol. The minimum absolute atomic E-state index is 0.968. The standard InChI is InChI=1S/C15H22N2.C2H6/c1-11-9-12(10-11)4-6-14-7-5-13-3-2-8-16-15(13)17-14;1-2/h5,7,11-12H,2-4,6,8-10H2,1H3,(H,16,17);1-2H3. The van der Waals surface area contributed by atoms with Crippen LogP contribution in [0.2, 0.25) is 0 Å². The topological polar surface area (TPSA) is 24.9 Å². The van der Waals surface area contributed by atoms with E-state index in [1.165, 1.54) is 43.4 Å². The zero-order chi connectivity index (χ0) is 13.7. The van der Waals surface area contributed by atoms with Gasteiger partial charge in [-0.05, 0) is 62.0 Å². The number of fused-ring (bicyclic) bond motifs is 1. The van der Waals surface area contributed by atoms with Gasteiger partial charge in [-0.15, -0.1) is 0 Å². The largest absolute Gasteiger partial charge is 0.370 e. The van der Waals surface area contributed by atoms with Crippen LogP contribution < -0.4 is 5.32 Å². The molecule has 2 heterocycles. The third-order valence-electron chi connectivity index (χ3n) is 4.23. The highest BCUT2D eigenvalue weighted by Crippen LogP contribution is 2.36. The lowest BCUT2D eigenvalue weighted by Crippen LogP contribution is -2.21. The summed E-state index contributed by atoms with van der Waals surface area (Å²) in [5, 5.41) is 3.41. The van der Waals surface area contributed by atoms with Crippen molar-refractivity contribution in [3.05, 3.63) is 23.4 Å². The Bertz CT molecular complexity index is 394. The van der Waals surface area contributed by atoms with Crippen LogP contribution in [0.3, 0.4) is 0 Å². The molecule has 3 rings (SSSR count). The van der Waals surface area contributed by atoms with Gasteiger partial charge in [0.15, 0.2) is 0 Å². The van der Waals surface area contributed by atoms with Gasteiger partial charge in [0.25, 0.3) is 0 Å². The minimum Gasteiger partial charge on any atom is -0.370 e. The highest BCUT2D eigenvalue weighted by Gasteiger charge is 2.24. The van der Waals surface area contributed by atoms with Crippen LogP contribution in [0.4, 0.5) is 5.82 Å². The number of nitrogens with one attached hydrogen (secondary N) is 1. The third-order valence-corrected chi connectivity index (χ3v) is 4.23. The van der Waals surface area contributed by atoms with Gasteiger partial charge in [-0.3, -0.25) is 0 Å². The van der Waals surface area contributed by atoms with E-state index in [4.69, 9.17) is 4.98 Å². The molecule has 0 bridgehead atoms. The van der Waals surface area contributed by atoms with Crippen LogP contribution in [-0.4, -0.2) is 11.5 Å². The van der Waals surface area contributed by atoms with Crippen molar-refractivity contribution in [1.82, 2.24) is 4.98 Å². The lowest BCUT2D eigenvalue weighted by Gasteiger charge is -2.32. The first kappa shape index (κ1) is 14.4. The van der Waals surface area contributed by atoms with Crippen molar-refractivity contribution < 1.29 is 0 Å². The van der Waals surface area contributed by atoms with Gasteiger partial charge in [0, 0.05) is 12.2 Å². The molecule has 1 saturated carbocycles. The van der Waals surface area contributed by atoms with Crippen LogP contribution in [0.25, 0.3) is 0 Å². The zero-order valence-corrected chi connectivity index (χ0v) is 12.7. The Kier molecular flexibility index (Phi) is 5.24. The molecule has 0 unspecified atom stereocenters. The number of anilines is 1. The first-order valence-corrected chi connectivity index (χ1v) is 8.04. The first-order valence-electron chi connectivity index (χ1n) is 8.04. The number of aryl methyl sites for hydroxylation is 2. The van der Waals surface area contributed by atoms with E-state index in [0.29, 0.717) is 0 Å². The smallest absolute Gasteiger partial charge is 0.129 e. The molecule has 1 aliphatic carbocycles. The Morgan fingerprint density at radius 2 is 2.05 bits per heavy atom. The molecule has 106 valence electrons. The summed E-state index contributed by atoms with van der Waals surface area (Å²) >= 11 is 0. The summed E-state index contributed by atoms with van der Waals surface area (Å²) in [5.74, 6) is 3.09. The summed E-state index contributed by atoms with van der Waals surface area (Å²) in [6, 6.07) is 4.50. The van der Waals surface area contributed by atoms with E-state index in [-0.39, 0.29) is 0 Å². The fourth-order valence-electron chi connectivity index (χ4n) is 3.16. The molecule has 0 aromatic carbocycles. The van der Waals surface area contributed by atoms with Crippen LogP contribution in [0.1, 0.15) is 57.7 Å². The van der Waals surface area contributed by atoms with Crippen molar-refractivity contribution in [2.45, 2.75) is 59.3 Å².